The van der Waals surface area contributed by atoms with E-state index in [4.69, 9.17) is 0 Å². The second kappa shape index (κ2) is 29.5. The molecule has 0 spiro atoms. The number of quaternary nitrogens is 1. The summed E-state index contributed by atoms with van der Waals surface area (Å²) in [4.78, 5) is 0. The summed E-state index contributed by atoms with van der Waals surface area (Å²) >= 11 is 0. The highest BCUT2D eigenvalue weighted by Gasteiger charge is 2.33. The Morgan fingerprint density at radius 3 is 0.641 bits per heavy atom. The maximum atomic E-state index is 2.49. The Balaban J connectivity index is 3.82. The zero-order chi connectivity index (χ0) is 28.9. The van der Waals surface area contributed by atoms with E-state index in [2.05, 4.69) is 41.5 Å². The standard InChI is InChI=1S/C38H80N/c1-7-9-11-13-15-17-19-21-23-25-27-29-31-33-35-39(37(3)4,38(5)6)36-34-32-30-28-26-24-22-20-18-16-14-12-10-8-2/h37-38H,7-36H2,1-6H3/q+1. The molecule has 39 heavy (non-hydrogen) atoms. The van der Waals surface area contributed by atoms with Crippen molar-refractivity contribution < 1.29 is 4.48 Å². The van der Waals surface area contributed by atoms with Crippen LogP contribution in [0.15, 0.2) is 0 Å². The molecular weight excluding hydrogens is 470 g/mol. The van der Waals surface area contributed by atoms with E-state index in [1.807, 2.05) is 0 Å². The maximum Gasteiger partial charge on any atom is 0.0835 e. The lowest BCUT2D eigenvalue weighted by Crippen LogP contribution is -2.58. The van der Waals surface area contributed by atoms with Crippen LogP contribution in [0.5, 0.6) is 0 Å². The minimum Gasteiger partial charge on any atom is -0.320 e. The van der Waals surface area contributed by atoms with Crippen molar-refractivity contribution in [2.75, 3.05) is 13.1 Å². The van der Waals surface area contributed by atoms with E-state index in [9.17, 15) is 0 Å². The highest BCUT2D eigenvalue weighted by Crippen LogP contribution is 2.24. The summed E-state index contributed by atoms with van der Waals surface area (Å²) in [6.45, 7) is 17.4. The lowest BCUT2D eigenvalue weighted by atomic mass is 10.0. The fourth-order valence-corrected chi connectivity index (χ4v) is 6.94. The predicted octanol–water partition coefficient (Wildman–Crippen LogP) is 13.6. The van der Waals surface area contributed by atoms with Gasteiger partial charge in [-0.15, -0.1) is 0 Å². The summed E-state index contributed by atoms with van der Waals surface area (Å²) in [6.07, 6.45) is 40.9. The van der Waals surface area contributed by atoms with Gasteiger partial charge in [0.2, 0.25) is 0 Å². The summed E-state index contributed by atoms with van der Waals surface area (Å²) < 4.78 is 1.36. The van der Waals surface area contributed by atoms with Gasteiger partial charge in [0.25, 0.3) is 0 Å². The van der Waals surface area contributed by atoms with Crippen molar-refractivity contribution in [1.82, 2.24) is 0 Å². The predicted molar refractivity (Wildman–Crippen MR) is 181 cm³/mol. The lowest BCUT2D eigenvalue weighted by molar-refractivity contribution is -0.967. The Morgan fingerprint density at radius 2 is 0.462 bits per heavy atom. The molecule has 236 valence electrons. The number of unbranched alkanes of at least 4 members (excludes halogenated alkanes) is 26. The van der Waals surface area contributed by atoms with Gasteiger partial charge in [-0.25, -0.2) is 0 Å². The van der Waals surface area contributed by atoms with Crippen molar-refractivity contribution in [2.45, 2.75) is 233 Å². The van der Waals surface area contributed by atoms with Crippen LogP contribution in [0.4, 0.5) is 0 Å². The summed E-state index contributed by atoms with van der Waals surface area (Å²) in [5, 5.41) is 0. The first-order valence-corrected chi connectivity index (χ1v) is 18.9. The molecule has 0 unspecified atom stereocenters. The summed E-state index contributed by atoms with van der Waals surface area (Å²) in [6, 6.07) is 1.52. The molecule has 0 N–H and O–H groups in total. The first-order chi connectivity index (χ1) is 19.0. The number of nitrogens with zero attached hydrogens (tertiary/aromatic N) is 1. The van der Waals surface area contributed by atoms with E-state index in [0.29, 0.717) is 0 Å². The van der Waals surface area contributed by atoms with Crippen molar-refractivity contribution in [1.29, 1.82) is 0 Å². The minimum atomic E-state index is 0.758. The molecule has 0 aromatic carbocycles. The van der Waals surface area contributed by atoms with Gasteiger partial charge in [-0.05, 0) is 53.4 Å². The normalized spacial score (nSPS) is 12.3. The highest BCUT2D eigenvalue weighted by molar-refractivity contribution is 4.58. The molecule has 0 radical (unpaired) electrons. The number of rotatable bonds is 32. The van der Waals surface area contributed by atoms with Crippen molar-refractivity contribution in [3.05, 3.63) is 0 Å². The van der Waals surface area contributed by atoms with E-state index in [1.54, 1.807) is 0 Å². The molecule has 0 saturated heterocycles. The largest absolute Gasteiger partial charge is 0.320 e. The van der Waals surface area contributed by atoms with E-state index >= 15 is 0 Å². The van der Waals surface area contributed by atoms with Crippen LogP contribution in [0.2, 0.25) is 0 Å². The third kappa shape index (κ3) is 23.2. The monoisotopic (exact) mass is 551 g/mol. The SMILES string of the molecule is CCCCCCCCCCCCCCCC[N+](CCCCCCCCCCCCCCCC)(C(C)C)C(C)C. The molecule has 0 aliphatic carbocycles. The first-order valence-electron chi connectivity index (χ1n) is 18.9. The van der Waals surface area contributed by atoms with Gasteiger partial charge in [0.1, 0.15) is 0 Å². The second-order valence-corrected chi connectivity index (χ2v) is 13.9. The molecule has 0 atom stereocenters. The third-order valence-corrected chi connectivity index (χ3v) is 9.91. The molecule has 1 heteroatoms. The fourth-order valence-electron chi connectivity index (χ4n) is 6.94. The zero-order valence-electron chi connectivity index (χ0n) is 28.8. The van der Waals surface area contributed by atoms with Crippen molar-refractivity contribution >= 4 is 0 Å². The van der Waals surface area contributed by atoms with E-state index < -0.39 is 0 Å². The van der Waals surface area contributed by atoms with Crippen molar-refractivity contribution in [3.63, 3.8) is 0 Å². The van der Waals surface area contributed by atoms with Crippen LogP contribution >= 0.6 is 0 Å². The van der Waals surface area contributed by atoms with Gasteiger partial charge in [-0.1, -0.05) is 168 Å². The zero-order valence-corrected chi connectivity index (χ0v) is 28.8. The van der Waals surface area contributed by atoms with Crippen LogP contribution in [0.25, 0.3) is 0 Å². The molecular formula is C38H80N+. The number of hydrogen-bond acceptors (Lipinski definition) is 0. The third-order valence-electron chi connectivity index (χ3n) is 9.91. The Morgan fingerprint density at radius 1 is 0.282 bits per heavy atom. The van der Waals surface area contributed by atoms with Crippen LogP contribution in [0.3, 0.4) is 0 Å². The highest BCUT2D eigenvalue weighted by atomic mass is 15.4. The quantitative estimate of drug-likeness (QED) is 0.0577. The molecule has 0 aromatic heterocycles. The summed E-state index contributed by atoms with van der Waals surface area (Å²) in [5.74, 6) is 0. The average Bonchev–Trinajstić information content (AvgIpc) is 2.91. The van der Waals surface area contributed by atoms with E-state index in [0.717, 1.165) is 12.1 Å². The van der Waals surface area contributed by atoms with Crippen molar-refractivity contribution in [2.24, 2.45) is 0 Å². The molecule has 0 aromatic rings. The van der Waals surface area contributed by atoms with E-state index in [1.165, 1.54) is 197 Å². The van der Waals surface area contributed by atoms with E-state index in [-0.39, 0.29) is 0 Å². The van der Waals surface area contributed by atoms with Gasteiger partial charge >= 0.3 is 0 Å². The maximum absolute atomic E-state index is 2.49. The fraction of sp³-hybridized carbons (Fsp3) is 1.00. The lowest BCUT2D eigenvalue weighted by Gasteiger charge is -2.46. The Kier molecular flexibility index (Phi) is 29.4. The van der Waals surface area contributed by atoms with Crippen LogP contribution in [-0.2, 0) is 0 Å². The van der Waals surface area contributed by atoms with Gasteiger partial charge < -0.3 is 4.48 Å². The van der Waals surface area contributed by atoms with Crippen LogP contribution in [0.1, 0.15) is 221 Å². The van der Waals surface area contributed by atoms with Gasteiger partial charge in [-0.2, -0.15) is 0 Å². The van der Waals surface area contributed by atoms with Crippen LogP contribution in [-0.4, -0.2) is 29.7 Å². The van der Waals surface area contributed by atoms with Gasteiger partial charge in [-0.3, -0.25) is 0 Å². The Bertz CT molecular complexity index is 412. The first kappa shape index (κ1) is 39.0. The molecule has 0 aliphatic heterocycles. The Hall–Kier alpha value is -0.0400. The van der Waals surface area contributed by atoms with Gasteiger partial charge in [0.05, 0.1) is 25.2 Å². The van der Waals surface area contributed by atoms with Crippen LogP contribution in [0, 0.1) is 0 Å². The molecule has 0 aliphatic rings. The minimum absolute atomic E-state index is 0.758. The average molecular weight is 551 g/mol. The molecule has 0 rings (SSSR count). The summed E-state index contributed by atoms with van der Waals surface area (Å²) in [7, 11) is 0. The summed E-state index contributed by atoms with van der Waals surface area (Å²) in [5.41, 5.74) is 0. The molecule has 0 amide bonds. The molecule has 0 fully saturated rings. The Labute approximate surface area is 250 Å². The van der Waals surface area contributed by atoms with Gasteiger partial charge in [0, 0.05) is 0 Å². The smallest absolute Gasteiger partial charge is 0.0835 e. The topological polar surface area (TPSA) is 0 Å². The molecule has 0 bridgehead atoms. The van der Waals surface area contributed by atoms with Crippen LogP contribution < -0.4 is 0 Å². The molecule has 1 nitrogen and oxygen atoms in total. The molecule has 0 heterocycles. The second-order valence-electron chi connectivity index (χ2n) is 13.9. The van der Waals surface area contributed by atoms with Gasteiger partial charge in [0.15, 0.2) is 0 Å². The molecule has 0 saturated carbocycles. The number of hydrogen-bond donors (Lipinski definition) is 0. The van der Waals surface area contributed by atoms with Crippen molar-refractivity contribution in [3.8, 4) is 0 Å².